The van der Waals surface area contributed by atoms with E-state index in [1.54, 1.807) is 6.20 Å². The first-order valence-electron chi connectivity index (χ1n) is 9.49. The van der Waals surface area contributed by atoms with Gasteiger partial charge in [0, 0.05) is 6.20 Å². The number of hydrogen-bond donors (Lipinski definition) is 0. The molecule has 2 bridgehead atoms. The Morgan fingerprint density at radius 1 is 1.07 bits per heavy atom. The van der Waals surface area contributed by atoms with Crippen molar-refractivity contribution in [3.05, 3.63) is 70.9 Å². The van der Waals surface area contributed by atoms with Crippen LogP contribution >= 0.6 is 0 Å². The summed E-state index contributed by atoms with van der Waals surface area (Å²) in [4.78, 5) is 8.97. The van der Waals surface area contributed by atoms with Gasteiger partial charge >= 0.3 is 0 Å². The van der Waals surface area contributed by atoms with Gasteiger partial charge in [0.1, 0.15) is 17.5 Å². The molecule has 0 aliphatic heterocycles. The molecular formula is C22H20F2N4. The van der Waals surface area contributed by atoms with Crippen molar-refractivity contribution in [2.75, 3.05) is 0 Å². The van der Waals surface area contributed by atoms with Gasteiger partial charge in [0.15, 0.2) is 0 Å². The monoisotopic (exact) mass is 378 g/mol. The molecule has 28 heavy (non-hydrogen) atoms. The Morgan fingerprint density at radius 2 is 1.82 bits per heavy atom. The standard InChI is InChI=1S/C22H20F2N4/c1-12-25-10-8-18(26-12)22-9-7-14(21(22,2)3)13-11-17(27-28-20(13)22)19-15(23)5-4-6-16(19)24/h4-6,8,10-11,14H,7,9H2,1-3H3/t14-,22-/m0/s1. The lowest BCUT2D eigenvalue weighted by Crippen LogP contribution is -2.38. The average Bonchev–Trinajstić information content (AvgIpc) is 3.03. The summed E-state index contributed by atoms with van der Waals surface area (Å²) < 4.78 is 28.6. The second-order valence-corrected chi connectivity index (χ2v) is 8.34. The number of rotatable bonds is 2. The molecule has 0 unspecified atom stereocenters. The van der Waals surface area contributed by atoms with E-state index >= 15 is 0 Å². The zero-order valence-electron chi connectivity index (χ0n) is 16.0. The minimum Gasteiger partial charge on any atom is -0.242 e. The quantitative estimate of drug-likeness (QED) is 0.647. The molecule has 1 saturated carbocycles. The van der Waals surface area contributed by atoms with Crippen molar-refractivity contribution >= 4 is 0 Å². The lowest BCUT2D eigenvalue weighted by atomic mass is 9.66. The Kier molecular flexibility index (Phi) is 3.49. The number of aryl methyl sites for hydroxylation is 1. The normalized spacial score (nSPS) is 24.4. The molecule has 1 fully saturated rings. The second-order valence-electron chi connectivity index (χ2n) is 8.34. The molecule has 6 heteroatoms. The summed E-state index contributed by atoms with van der Waals surface area (Å²) >= 11 is 0. The Balaban J connectivity index is 1.74. The molecule has 2 atom stereocenters. The highest BCUT2D eigenvalue weighted by Gasteiger charge is 2.65. The van der Waals surface area contributed by atoms with Crippen molar-refractivity contribution in [1.29, 1.82) is 0 Å². The first kappa shape index (κ1) is 17.3. The maximum absolute atomic E-state index is 14.3. The summed E-state index contributed by atoms with van der Waals surface area (Å²) in [5.41, 5.74) is 2.49. The van der Waals surface area contributed by atoms with E-state index < -0.39 is 11.6 Å². The van der Waals surface area contributed by atoms with Crippen LogP contribution in [0.2, 0.25) is 0 Å². The van der Waals surface area contributed by atoms with Crippen LogP contribution in [0.5, 0.6) is 0 Å². The predicted octanol–water partition coefficient (Wildman–Crippen LogP) is 4.72. The third kappa shape index (κ3) is 2.03. The van der Waals surface area contributed by atoms with E-state index in [1.165, 1.54) is 18.2 Å². The molecule has 2 heterocycles. The molecule has 1 aromatic carbocycles. The van der Waals surface area contributed by atoms with Crippen molar-refractivity contribution in [3.8, 4) is 11.3 Å². The van der Waals surface area contributed by atoms with Gasteiger partial charge in [-0.3, -0.25) is 0 Å². The van der Waals surface area contributed by atoms with Gasteiger partial charge in [-0.15, -0.1) is 5.10 Å². The third-order valence-corrected chi connectivity index (χ3v) is 6.81. The molecule has 0 amide bonds. The van der Waals surface area contributed by atoms with E-state index in [0.717, 1.165) is 35.6 Å². The molecule has 2 aliphatic rings. The highest BCUT2D eigenvalue weighted by Crippen LogP contribution is 2.69. The molecule has 4 nitrogen and oxygen atoms in total. The SMILES string of the molecule is Cc1nccc([C@@]23CC[C@@H](c4cc(-c5c(F)cccc5F)nnc42)C3(C)C)n1. The number of nitrogens with zero attached hydrogens (tertiary/aromatic N) is 4. The average molecular weight is 378 g/mol. The molecule has 0 spiro atoms. The van der Waals surface area contributed by atoms with Gasteiger partial charge in [-0.1, -0.05) is 19.9 Å². The summed E-state index contributed by atoms with van der Waals surface area (Å²) in [5, 5.41) is 8.78. The number of fused-ring (bicyclic) bond motifs is 5. The van der Waals surface area contributed by atoms with Crippen LogP contribution < -0.4 is 0 Å². The maximum atomic E-state index is 14.3. The van der Waals surface area contributed by atoms with Crippen LogP contribution in [-0.4, -0.2) is 20.2 Å². The van der Waals surface area contributed by atoms with Gasteiger partial charge in [0.05, 0.1) is 28.1 Å². The molecule has 3 aromatic rings. The smallest absolute Gasteiger partial charge is 0.135 e. The van der Waals surface area contributed by atoms with Gasteiger partial charge in [0.25, 0.3) is 0 Å². The third-order valence-electron chi connectivity index (χ3n) is 6.81. The van der Waals surface area contributed by atoms with Gasteiger partial charge in [-0.25, -0.2) is 18.7 Å². The molecule has 0 saturated heterocycles. The first-order chi connectivity index (χ1) is 13.4. The van der Waals surface area contributed by atoms with Crippen molar-refractivity contribution < 1.29 is 8.78 Å². The molecule has 2 aromatic heterocycles. The van der Waals surface area contributed by atoms with E-state index in [0.29, 0.717) is 0 Å². The molecule has 142 valence electrons. The fourth-order valence-electron chi connectivity index (χ4n) is 5.45. The number of aromatic nitrogens is 4. The minimum absolute atomic E-state index is 0.120. The van der Waals surface area contributed by atoms with E-state index in [4.69, 9.17) is 4.98 Å². The molecule has 0 radical (unpaired) electrons. The lowest BCUT2D eigenvalue weighted by Gasteiger charge is -2.37. The van der Waals surface area contributed by atoms with E-state index in [2.05, 4.69) is 29.0 Å². The molecule has 5 rings (SSSR count). The van der Waals surface area contributed by atoms with E-state index in [-0.39, 0.29) is 28.0 Å². The lowest BCUT2D eigenvalue weighted by molar-refractivity contribution is 0.242. The fourth-order valence-corrected chi connectivity index (χ4v) is 5.45. The van der Waals surface area contributed by atoms with E-state index in [1.807, 2.05) is 19.1 Å². The Labute approximate surface area is 162 Å². The van der Waals surface area contributed by atoms with Gasteiger partial charge in [0.2, 0.25) is 0 Å². The van der Waals surface area contributed by atoms with Gasteiger partial charge in [-0.2, -0.15) is 5.10 Å². The van der Waals surface area contributed by atoms with Crippen LogP contribution in [0.4, 0.5) is 8.78 Å². The zero-order chi connectivity index (χ0) is 19.7. The molecular weight excluding hydrogens is 358 g/mol. The van der Waals surface area contributed by atoms with Crippen molar-refractivity contribution in [3.63, 3.8) is 0 Å². The minimum atomic E-state index is -0.627. The summed E-state index contributed by atoms with van der Waals surface area (Å²) in [6, 6.07) is 7.62. The fraction of sp³-hybridized carbons (Fsp3) is 0.364. The summed E-state index contributed by atoms with van der Waals surface area (Å²) in [6.45, 7) is 6.34. The number of halogens is 2. The first-order valence-corrected chi connectivity index (χ1v) is 9.49. The van der Waals surface area contributed by atoms with Crippen LogP contribution in [0, 0.1) is 24.0 Å². The van der Waals surface area contributed by atoms with Gasteiger partial charge in [-0.05, 0) is 60.9 Å². The topological polar surface area (TPSA) is 51.6 Å². The second kappa shape index (κ2) is 5.63. The van der Waals surface area contributed by atoms with Crippen molar-refractivity contribution in [2.24, 2.45) is 5.41 Å². The number of hydrogen-bond acceptors (Lipinski definition) is 4. The predicted molar refractivity (Wildman–Crippen MR) is 101 cm³/mol. The van der Waals surface area contributed by atoms with E-state index in [9.17, 15) is 8.78 Å². The summed E-state index contributed by atoms with van der Waals surface area (Å²) in [5.74, 6) is -0.296. The molecule has 2 aliphatic carbocycles. The van der Waals surface area contributed by atoms with Crippen molar-refractivity contribution in [1.82, 2.24) is 20.2 Å². The summed E-state index contributed by atoms with van der Waals surface area (Å²) in [6.07, 6.45) is 3.69. The maximum Gasteiger partial charge on any atom is 0.135 e. The Hall–Kier alpha value is -2.76. The van der Waals surface area contributed by atoms with Crippen molar-refractivity contribution in [2.45, 2.75) is 44.9 Å². The van der Waals surface area contributed by atoms with Crippen LogP contribution in [-0.2, 0) is 5.41 Å². The zero-order valence-corrected chi connectivity index (χ0v) is 16.0. The van der Waals surface area contributed by atoms with Crippen LogP contribution in [0.1, 0.15) is 55.4 Å². The van der Waals surface area contributed by atoms with Gasteiger partial charge < -0.3 is 0 Å². The Bertz CT molecular complexity index is 1090. The highest BCUT2D eigenvalue weighted by atomic mass is 19.1. The Morgan fingerprint density at radius 3 is 2.54 bits per heavy atom. The van der Waals surface area contributed by atoms with Crippen LogP contribution in [0.25, 0.3) is 11.3 Å². The number of benzene rings is 1. The highest BCUT2D eigenvalue weighted by molar-refractivity contribution is 5.64. The van der Waals surface area contributed by atoms with Crippen LogP contribution in [0.3, 0.4) is 0 Å². The van der Waals surface area contributed by atoms with Crippen LogP contribution in [0.15, 0.2) is 36.5 Å². The summed E-state index contributed by atoms with van der Waals surface area (Å²) in [7, 11) is 0. The molecule has 0 N–H and O–H groups in total. The largest absolute Gasteiger partial charge is 0.242 e.